The lowest BCUT2D eigenvalue weighted by atomic mass is 10.2. The Balaban J connectivity index is 1.82. The van der Waals surface area contributed by atoms with Crippen LogP contribution in [0, 0.1) is 6.92 Å². The second-order valence-corrected chi connectivity index (χ2v) is 4.33. The van der Waals surface area contributed by atoms with Crippen molar-refractivity contribution in [1.29, 1.82) is 0 Å². The van der Waals surface area contributed by atoms with E-state index in [9.17, 15) is 0 Å². The Morgan fingerprint density at radius 2 is 1.28 bits per heavy atom. The summed E-state index contributed by atoms with van der Waals surface area (Å²) in [5.74, 6) is 0.872. The largest absolute Gasteiger partial charge is 0.497 e. The number of hydrogen-bond donors (Lipinski definition) is 0. The highest BCUT2D eigenvalue weighted by molar-refractivity contribution is 5.26. The molecule has 0 heterocycles. The Bertz CT molecular complexity index is 471. The molecule has 0 saturated carbocycles. The first kappa shape index (κ1) is 12.7. The van der Waals surface area contributed by atoms with Crippen LogP contribution in [0.25, 0.3) is 0 Å². The topological polar surface area (TPSA) is 18.5 Å². The molecule has 2 aromatic rings. The Labute approximate surface area is 108 Å². The second-order valence-electron chi connectivity index (χ2n) is 4.33. The quantitative estimate of drug-likeness (QED) is 0.795. The van der Waals surface area contributed by atoms with Gasteiger partial charge in [0.05, 0.1) is 20.3 Å². The molecule has 0 aliphatic heterocycles. The lowest BCUT2D eigenvalue weighted by Gasteiger charge is -2.06. The summed E-state index contributed by atoms with van der Waals surface area (Å²) in [4.78, 5) is 0. The van der Waals surface area contributed by atoms with Gasteiger partial charge in [0, 0.05) is 0 Å². The first-order valence-electron chi connectivity index (χ1n) is 6.04. The molecule has 0 amide bonds. The zero-order valence-corrected chi connectivity index (χ0v) is 10.8. The van der Waals surface area contributed by atoms with Gasteiger partial charge in [-0.15, -0.1) is 0 Å². The molecule has 0 unspecified atom stereocenters. The maximum Gasteiger partial charge on any atom is 0.118 e. The molecule has 0 aliphatic rings. The van der Waals surface area contributed by atoms with Crippen molar-refractivity contribution in [2.24, 2.45) is 0 Å². The Morgan fingerprint density at radius 3 is 1.78 bits per heavy atom. The van der Waals surface area contributed by atoms with Crippen molar-refractivity contribution in [1.82, 2.24) is 0 Å². The van der Waals surface area contributed by atoms with Crippen LogP contribution >= 0.6 is 0 Å². The average Bonchev–Trinajstić information content (AvgIpc) is 2.42. The third kappa shape index (κ3) is 3.60. The first-order chi connectivity index (χ1) is 8.78. The highest BCUT2D eigenvalue weighted by Crippen LogP contribution is 2.13. The van der Waals surface area contributed by atoms with Crippen molar-refractivity contribution in [2.75, 3.05) is 7.11 Å². The second kappa shape index (κ2) is 6.22. The third-order valence-electron chi connectivity index (χ3n) is 2.82. The molecule has 0 spiro atoms. The van der Waals surface area contributed by atoms with Gasteiger partial charge in [0.25, 0.3) is 0 Å². The minimum absolute atomic E-state index is 0.623. The molecule has 0 fully saturated rings. The number of ether oxygens (including phenoxy) is 2. The molecular weight excluding hydrogens is 224 g/mol. The van der Waals surface area contributed by atoms with E-state index in [1.54, 1.807) is 7.11 Å². The lowest BCUT2D eigenvalue weighted by Crippen LogP contribution is -1.94. The van der Waals surface area contributed by atoms with Crippen molar-refractivity contribution in [3.05, 3.63) is 65.2 Å². The van der Waals surface area contributed by atoms with E-state index in [-0.39, 0.29) is 0 Å². The molecule has 0 aliphatic carbocycles. The van der Waals surface area contributed by atoms with E-state index in [0.717, 1.165) is 11.3 Å². The molecule has 0 saturated heterocycles. The van der Waals surface area contributed by atoms with E-state index in [1.807, 2.05) is 24.3 Å². The summed E-state index contributed by atoms with van der Waals surface area (Å²) in [7, 11) is 1.67. The molecular formula is C16H18O2. The highest BCUT2D eigenvalue weighted by atomic mass is 16.5. The van der Waals surface area contributed by atoms with Crippen LogP contribution in [0.5, 0.6) is 5.75 Å². The average molecular weight is 242 g/mol. The van der Waals surface area contributed by atoms with E-state index < -0.39 is 0 Å². The fourth-order valence-electron chi connectivity index (χ4n) is 1.69. The van der Waals surface area contributed by atoms with E-state index in [4.69, 9.17) is 9.47 Å². The summed E-state index contributed by atoms with van der Waals surface area (Å²) in [5.41, 5.74) is 3.63. The minimum Gasteiger partial charge on any atom is -0.497 e. The lowest BCUT2D eigenvalue weighted by molar-refractivity contribution is 0.107. The normalized spacial score (nSPS) is 10.3. The Kier molecular flexibility index (Phi) is 4.37. The fourth-order valence-corrected chi connectivity index (χ4v) is 1.69. The van der Waals surface area contributed by atoms with Crippen molar-refractivity contribution in [3.63, 3.8) is 0 Å². The van der Waals surface area contributed by atoms with Crippen LogP contribution in [0.3, 0.4) is 0 Å². The van der Waals surface area contributed by atoms with Crippen LogP contribution in [0.4, 0.5) is 0 Å². The van der Waals surface area contributed by atoms with Crippen LogP contribution in [0.15, 0.2) is 48.5 Å². The number of rotatable bonds is 5. The van der Waals surface area contributed by atoms with Gasteiger partial charge in [0.2, 0.25) is 0 Å². The maximum absolute atomic E-state index is 5.68. The standard InChI is InChI=1S/C16H18O2/c1-13-3-5-14(6-4-13)11-18-12-15-7-9-16(17-2)10-8-15/h3-10H,11-12H2,1-2H3. The van der Waals surface area contributed by atoms with Gasteiger partial charge in [-0.2, -0.15) is 0 Å². The molecule has 2 aromatic carbocycles. The molecule has 0 radical (unpaired) electrons. The molecule has 18 heavy (non-hydrogen) atoms. The molecule has 0 atom stereocenters. The fraction of sp³-hybridized carbons (Fsp3) is 0.250. The predicted molar refractivity (Wildman–Crippen MR) is 72.7 cm³/mol. The molecule has 0 bridgehead atoms. The van der Waals surface area contributed by atoms with Crippen LogP contribution in [0.2, 0.25) is 0 Å². The van der Waals surface area contributed by atoms with Crippen LogP contribution in [-0.2, 0) is 18.0 Å². The van der Waals surface area contributed by atoms with E-state index in [2.05, 4.69) is 31.2 Å². The Morgan fingerprint density at radius 1 is 0.778 bits per heavy atom. The third-order valence-corrected chi connectivity index (χ3v) is 2.82. The summed E-state index contributed by atoms with van der Waals surface area (Å²) in [6, 6.07) is 16.3. The predicted octanol–water partition coefficient (Wildman–Crippen LogP) is 3.72. The molecule has 2 rings (SSSR count). The summed E-state index contributed by atoms with van der Waals surface area (Å²) >= 11 is 0. The zero-order valence-electron chi connectivity index (χ0n) is 10.8. The minimum atomic E-state index is 0.623. The number of methoxy groups -OCH3 is 1. The SMILES string of the molecule is COc1ccc(COCc2ccc(C)cc2)cc1. The van der Waals surface area contributed by atoms with E-state index in [1.165, 1.54) is 11.1 Å². The van der Waals surface area contributed by atoms with Gasteiger partial charge in [0.15, 0.2) is 0 Å². The van der Waals surface area contributed by atoms with Crippen LogP contribution in [-0.4, -0.2) is 7.11 Å². The monoisotopic (exact) mass is 242 g/mol. The number of benzene rings is 2. The van der Waals surface area contributed by atoms with Gasteiger partial charge in [-0.3, -0.25) is 0 Å². The summed E-state index contributed by atoms with van der Waals surface area (Å²) in [6.45, 7) is 3.35. The number of hydrogen-bond acceptors (Lipinski definition) is 2. The molecule has 0 N–H and O–H groups in total. The first-order valence-corrected chi connectivity index (χ1v) is 6.04. The van der Waals surface area contributed by atoms with Gasteiger partial charge in [-0.05, 0) is 30.2 Å². The van der Waals surface area contributed by atoms with E-state index in [0.29, 0.717) is 13.2 Å². The van der Waals surface area contributed by atoms with Gasteiger partial charge in [0.1, 0.15) is 5.75 Å². The van der Waals surface area contributed by atoms with Gasteiger partial charge >= 0.3 is 0 Å². The van der Waals surface area contributed by atoms with Gasteiger partial charge in [-0.25, -0.2) is 0 Å². The molecule has 2 heteroatoms. The maximum atomic E-state index is 5.68. The smallest absolute Gasteiger partial charge is 0.118 e. The molecule has 2 nitrogen and oxygen atoms in total. The van der Waals surface area contributed by atoms with Gasteiger partial charge < -0.3 is 9.47 Å². The number of aryl methyl sites for hydroxylation is 1. The van der Waals surface area contributed by atoms with Crippen molar-refractivity contribution >= 4 is 0 Å². The zero-order chi connectivity index (χ0) is 12.8. The van der Waals surface area contributed by atoms with Crippen molar-refractivity contribution in [3.8, 4) is 5.75 Å². The van der Waals surface area contributed by atoms with Crippen molar-refractivity contribution in [2.45, 2.75) is 20.1 Å². The summed E-state index contributed by atoms with van der Waals surface area (Å²) in [6.07, 6.45) is 0. The van der Waals surface area contributed by atoms with Crippen LogP contribution in [0.1, 0.15) is 16.7 Å². The summed E-state index contributed by atoms with van der Waals surface area (Å²) < 4.78 is 10.8. The molecule has 94 valence electrons. The van der Waals surface area contributed by atoms with Gasteiger partial charge in [-0.1, -0.05) is 42.0 Å². The summed E-state index contributed by atoms with van der Waals surface area (Å²) in [5, 5.41) is 0. The molecule has 0 aromatic heterocycles. The van der Waals surface area contributed by atoms with Crippen molar-refractivity contribution < 1.29 is 9.47 Å². The van der Waals surface area contributed by atoms with Crippen LogP contribution < -0.4 is 4.74 Å². The highest BCUT2D eigenvalue weighted by Gasteiger charge is 1.96. The van der Waals surface area contributed by atoms with E-state index >= 15 is 0 Å². The Hall–Kier alpha value is -1.80.